The van der Waals surface area contributed by atoms with Gasteiger partial charge in [-0.3, -0.25) is 14.9 Å². The van der Waals surface area contributed by atoms with Crippen LogP contribution in [0.15, 0.2) is 24.3 Å². The van der Waals surface area contributed by atoms with Gasteiger partial charge < -0.3 is 10.6 Å². The molecule has 0 aromatic heterocycles. The van der Waals surface area contributed by atoms with Gasteiger partial charge in [-0.1, -0.05) is 32.9 Å². The van der Waals surface area contributed by atoms with Crippen molar-refractivity contribution < 1.29 is 14.4 Å². The second-order valence-corrected chi connectivity index (χ2v) is 6.39. The number of carbonyl (C=O) groups is 3. The number of hydrogen-bond acceptors (Lipinski definition) is 3. The number of hydrogen-bond donors (Lipinski definition) is 3. The van der Waals surface area contributed by atoms with Crippen molar-refractivity contribution in [3.05, 3.63) is 35.4 Å². The first kappa shape index (κ1) is 16.0. The van der Waals surface area contributed by atoms with E-state index in [2.05, 4.69) is 36.7 Å². The van der Waals surface area contributed by atoms with E-state index in [1.807, 2.05) is 12.1 Å². The summed E-state index contributed by atoms with van der Waals surface area (Å²) in [5, 5.41) is 7.39. The number of rotatable bonds is 4. The van der Waals surface area contributed by atoms with Crippen LogP contribution in [0.5, 0.6) is 0 Å². The SMILES string of the molecule is CC(C)(C)c1ccc(C(=O)NCCC2NC(=O)NC2=O)cc1. The van der Waals surface area contributed by atoms with Gasteiger partial charge >= 0.3 is 6.03 Å². The van der Waals surface area contributed by atoms with Gasteiger partial charge in [0.15, 0.2) is 0 Å². The molecule has 1 atom stereocenters. The number of urea groups is 1. The van der Waals surface area contributed by atoms with Gasteiger partial charge in [-0.15, -0.1) is 0 Å². The van der Waals surface area contributed by atoms with Crippen molar-refractivity contribution in [3.63, 3.8) is 0 Å². The van der Waals surface area contributed by atoms with Crippen LogP contribution in [0.3, 0.4) is 0 Å². The van der Waals surface area contributed by atoms with Gasteiger partial charge in [0.05, 0.1) is 0 Å². The highest BCUT2D eigenvalue weighted by Gasteiger charge is 2.28. The molecule has 1 aliphatic rings. The summed E-state index contributed by atoms with van der Waals surface area (Å²) < 4.78 is 0. The molecule has 3 N–H and O–H groups in total. The Morgan fingerprint density at radius 1 is 1.18 bits per heavy atom. The molecule has 0 saturated carbocycles. The van der Waals surface area contributed by atoms with Crippen LogP contribution in [0.2, 0.25) is 0 Å². The minimum absolute atomic E-state index is 0.0447. The molecular weight excluding hydrogens is 282 g/mol. The summed E-state index contributed by atoms with van der Waals surface area (Å²) in [7, 11) is 0. The molecular formula is C16H21N3O3. The molecule has 0 bridgehead atoms. The number of carbonyl (C=O) groups excluding carboxylic acids is 3. The molecule has 0 radical (unpaired) electrons. The average molecular weight is 303 g/mol. The molecule has 1 aromatic rings. The van der Waals surface area contributed by atoms with Crippen LogP contribution < -0.4 is 16.0 Å². The van der Waals surface area contributed by atoms with Crippen LogP contribution in [0.1, 0.15) is 43.1 Å². The molecule has 1 unspecified atom stereocenters. The molecule has 22 heavy (non-hydrogen) atoms. The summed E-state index contributed by atoms with van der Waals surface area (Å²) in [4.78, 5) is 34.3. The zero-order valence-electron chi connectivity index (χ0n) is 13.0. The molecule has 118 valence electrons. The van der Waals surface area contributed by atoms with E-state index in [0.29, 0.717) is 18.5 Å². The molecule has 1 aliphatic heterocycles. The predicted molar refractivity (Wildman–Crippen MR) is 82.6 cm³/mol. The van der Waals surface area contributed by atoms with Crippen molar-refractivity contribution in [3.8, 4) is 0 Å². The van der Waals surface area contributed by atoms with Crippen molar-refractivity contribution in [2.24, 2.45) is 0 Å². The van der Waals surface area contributed by atoms with Crippen molar-refractivity contribution in [1.29, 1.82) is 0 Å². The lowest BCUT2D eigenvalue weighted by Crippen LogP contribution is -2.34. The normalized spacial score (nSPS) is 17.9. The number of imide groups is 1. The summed E-state index contributed by atoms with van der Waals surface area (Å²) in [6.45, 7) is 6.66. The van der Waals surface area contributed by atoms with Crippen LogP contribution in [0.25, 0.3) is 0 Å². The predicted octanol–water partition coefficient (Wildman–Crippen LogP) is 1.31. The standard InChI is InChI=1S/C16H21N3O3/c1-16(2,3)11-6-4-10(5-7-11)13(20)17-9-8-12-14(21)19-15(22)18-12/h4-7,12H,8-9H2,1-3H3,(H,17,20)(H2,18,19,21,22). The Morgan fingerprint density at radius 3 is 2.32 bits per heavy atom. The average Bonchev–Trinajstić information content (AvgIpc) is 2.76. The summed E-state index contributed by atoms with van der Waals surface area (Å²) in [5.41, 5.74) is 1.78. The van der Waals surface area contributed by atoms with Crippen LogP contribution in [-0.4, -0.2) is 30.4 Å². The first-order valence-corrected chi connectivity index (χ1v) is 7.27. The fourth-order valence-corrected chi connectivity index (χ4v) is 2.22. The fourth-order valence-electron chi connectivity index (χ4n) is 2.22. The third-order valence-electron chi connectivity index (χ3n) is 3.59. The Labute approximate surface area is 129 Å². The van der Waals surface area contributed by atoms with E-state index in [1.165, 1.54) is 0 Å². The minimum Gasteiger partial charge on any atom is -0.352 e. The Hall–Kier alpha value is -2.37. The quantitative estimate of drug-likeness (QED) is 0.733. The minimum atomic E-state index is -0.573. The van der Waals surface area contributed by atoms with Crippen LogP contribution >= 0.6 is 0 Å². The number of amides is 4. The summed E-state index contributed by atoms with van der Waals surface area (Å²) >= 11 is 0. The zero-order valence-corrected chi connectivity index (χ0v) is 13.0. The number of nitrogens with one attached hydrogen (secondary N) is 3. The Kier molecular flexibility index (Phi) is 4.49. The van der Waals surface area contributed by atoms with Gasteiger partial charge in [0, 0.05) is 12.1 Å². The summed E-state index contributed by atoms with van der Waals surface area (Å²) in [6, 6.07) is 6.41. The van der Waals surface area contributed by atoms with Gasteiger partial charge in [-0.25, -0.2) is 4.79 Å². The van der Waals surface area contributed by atoms with E-state index in [0.717, 1.165) is 5.56 Å². The molecule has 1 fully saturated rings. The maximum Gasteiger partial charge on any atom is 0.322 e. The Balaban J connectivity index is 1.85. The molecule has 6 heteroatoms. The van der Waals surface area contributed by atoms with Crippen LogP contribution in [-0.2, 0) is 10.2 Å². The fraction of sp³-hybridized carbons (Fsp3) is 0.438. The van der Waals surface area contributed by atoms with E-state index < -0.39 is 12.1 Å². The molecule has 6 nitrogen and oxygen atoms in total. The lowest BCUT2D eigenvalue weighted by molar-refractivity contribution is -0.120. The summed E-state index contributed by atoms with van der Waals surface area (Å²) in [5.74, 6) is -0.543. The van der Waals surface area contributed by atoms with E-state index in [4.69, 9.17) is 0 Å². The molecule has 1 saturated heterocycles. The number of benzene rings is 1. The highest BCUT2D eigenvalue weighted by atomic mass is 16.2. The van der Waals surface area contributed by atoms with E-state index in [9.17, 15) is 14.4 Å². The highest BCUT2D eigenvalue weighted by Crippen LogP contribution is 2.22. The lowest BCUT2D eigenvalue weighted by atomic mass is 9.87. The van der Waals surface area contributed by atoms with Crippen molar-refractivity contribution in [1.82, 2.24) is 16.0 Å². The Morgan fingerprint density at radius 2 is 1.82 bits per heavy atom. The van der Waals surface area contributed by atoms with Gasteiger partial charge in [0.1, 0.15) is 6.04 Å². The van der Waals surface area contributed by atoms with Crippen molar-refractivity contribution in [2.45, 2.75) is 38.6 Å². The zero-order chi connectivity index (χ0) is 16.3. The van der Waals surface area contributed by atoms with Crippen LogP contribution in [0, 0.1) is 0 Å². The molecule has 1 aromatic carbocycles. The maximum atomic E-state index is 12.0. The van der Waals surface area contributed by atoms with Gasteiger partial charge in [0.2, 0.25) is 0 Å². The lowest BCUT2D eigenvalue weighted by Gasteiger charge is -2.19. The van der Waals surface area contributed by atoms with E-state index >= 15 is 0 Å². The first-order valence-electron chi connectivity index (χ1n) is 7.27. The molecule has 4 amide bonds. The molecule has 1 heterocycles. The van der Waals surface area contributed by atoms with E-state index in [1.54, 1.807) is 12.1 Å². The van der Waals surface area contributed by atoms with E-state index in [-0.39, 0.29) is 17.2 Å². The smallest absolute Gasteiger partial charge is 0.322 e. The highest BCUT2D eigenvalue weighted by molar-refractivity contribution is 6.04. The monoisotopic (exact) mass is 303 g/mol. The second-order valence-electron chi connectivity index (χ2n) is 6.39. The van der Waals surface area contributed by atoms with Gasteiger partial charge in [0.25, 0.3) is 11.8 Å². The van der Waals surface area contributed by atoms with Gasteiger partial charge in [-0.05, 0) is 29.5 Å². The summed E-state index contributed by atoms with van der Waals surface area (Å²) in [6.07, 6.45) is 0.364. The van der Waals surface area contributed by atoms with Crippen molar-refractivity contribution in [2.75, 3.05) is 6.54 Å². The first-order chi connectivity index (χ1) is 10.3. The van der Waals surface area contributed by atoms with Crippen molar-refractivity contribution >= 4 is 17.8 Å². The largest absolute Gasteiger partial charge is 0.352 e. The topological polar surface area (TPSA) is 87.3 Å². The molecule has 0 aliphatic carbocycles. The second kappa shape index (κ2) is 6.17. The molecule has 0 spiro atoms. The Bertz CT molecular complexity index is 588. The third-order valence-corrected chi connectivity index (χ3v) is 3.59. The van der Waals surface area contributed by atoms with Crippen LogP contribution in [0.4, 0.5) is 4.79 Å². The molecule has 2 rings (SSSR count). The maximum absolute atomic E-state index is 12.0. The third kappa shape index (κ3) is 3.84. The van der Waals surface area contributed by atoms with Gasteiger partial charge in [-0.2, -0.15) is 0 Å².